The Morgan fingerprint density at radius 1 is 1.20 bits per heavy atom. The number of pyridine rings is 1. The number of hydrogen-bond acceptors (Lipinski definition) is 6. The predicted octanol–water partition coefficient (Wildman–Crippen LogP) is 4.65. The van der Waals surface area contributed by atoms with Crippen LogP contribution in [0.2, 0.25) is 0 Å². The van der Waals surface area contributed by atoms with Crippen molar-refractivity contribution in [3.8, 4) is 17.1 Å². The first kappa shape index (κ1) is 27.5. The van der Waals surface area contributed by atoms with E-state index in [9.17, 15) is 22.4 Å². The number of hydrogen-bond donors (Lipinski definition) is 2. The van der Waals surface area contributed by atoms with Crippen molar-refractivity contribution in [2.75, 3.05) is 31.1 Å². The molecule has 12 heteroatoms. The van der Waals surface area contributed by atoms with Crippen molar-refractivity contribution in [1.82, 2.24) is 25.4 Å². The van der Waals surface area contributed by atoms with Gasteiger partial charge in [0.1, 0.15) is 11.9 Å². The number of nitrogens with one attached hydrogen (secondary N) is 2. The average molecular weight is 573 g/mol. The maximum absolute atomic E-state index is 13.5. The van der Waals surface area contributed by atoms with Crippen LogP contribution in [0.1, 0.15) is 48.7 Å². The van der Waals surface area contributed by atoms with Gasteiger partial charge < -0.3 is 20.3 Å². The number of carbonyl (C=O) groups excluding carboxylic acids is 1. The maximum atomic E-state index is 13.5. The summed E-state index contributed by atoms with van der Waals surface area (Å²) >= 11 is 0. The Hall–Kier alpha value is -3.67. The predicted molar refractivity (Wildman–Crippen MR) is 144 cm³/mol. The quantitative estimate of drug-likeness (QED) is 0.383. The zero-order valence-corrected chi connectivity index (χ0v) is 22.7. The third-order valence-electron chi connectivity index (χ3n) is 8.16. The van der Waals surface area contributed by atoms with Gasteiger partial charge in [0, 0.05) is 49.5 Å². The normalized spacial score (nSPS) is 20.1. The summed E-state index contributed by atoms with van der Waals surface area (Å²) < 4.78 is 62.1. The van der Waals surface area contributed by atoms with Crippen molar-refractivity contribution in [2.45, 2.75) is 57.5 Å². The minimum atomic E-state index is -4.63. The lowest BCUT2D eigenvalue weighted by atomic mass is 9.61. The molecule has 0 bridgehead atoms. The number of carbonyl (C=O) groups is 1. The lowest BCUT2D eigenvalue weighted by Gasteiger charge is -2.59. The van der Waals surface area contributed by atoms with E-state index in [1.807, 2.05) is 16.8 Å². The Labute approximate surface area is 235 Å². The molecule has 1 aromatic carbocycles. The number of aromatic nitrogens is 3. The van der Waals surface area contributed by atoms with Gasteiger partial charge in [-0.1, -0.05) is 6.92 Å². The number of alkyl halides is 3. The van der Waals surface area contributed by atoms with E-state index in [4.69, 9.17) is 9.72 Å². The van der Waals surface area contributed by atoms with E-state index in [-0.39, 0.29) is 34.8 Å². The van der Waals surface area contributed by atoms with Gasteiger partial charge in [0.2, 0.25) is 0 Å². The summed E-state index contributed by atoms with van der Waals surface area (Å²) in [6, 6.07) is 8.26. The molecule has 0 radical (unpaired) electrons. The van der Waals surface area contributed by atoms with Crippen molar-refractivity contribution in [3.63, 3.8) is 0 Å². The molecule has 1 spiro atoms. The van der Waals surface area contributed by atoms with Gasteiger partial charge in [0.15, 0.2) is 11.4 Å². The molecule has 1 amide bonds. The van der Waals surface area contributed by atoms with Gasteiger partial charge >= 0.3 is 6.18 Å². The number of anilines is 1. The van der Waals surface area contributed by atoms with Crippen molar-refractivity contribution >= 4 is 11.6 Å². The van der Waals surface area contributed by atoms with Gasteiger partial charge in [-0.15, -0.1) is 0 Å². The molecule has 2 N–H and O–H groups in total. The third kappa shape index (κ3) is 5.49. The SMILES string of the molecule is CCCn1nccc1-c1ccc(OC2CC3(C2)CN(c2ccc(F)cc2C(F)(F)F)C3)c(C(=O)N[C@@H]2CCNC2)n1. The van der Waals surface area contributed by atoms with E-state index in [2.05, 4.69) is 22.7 Å². The molecule has 218 valence electrons. The summed E-state index contributed by atoms with van der Waals surface area (Å²) in [5, 5.41) is 10.7. The zero-order chi connectivity index (χ0) is 28.8. The number of nitrogens with zero attached hydrogens (tertiary/aromatic N) is 4. The van der Waals surface area contributed by atoms with Crippen molar-refractivity contribution in [2.24, 2.45) is 5.41 Å². The highest BCUT2D eigenvalue weighted by Crippen LogP contribution is 2.52. The van der Waals surface area contributed by atoms with Crippen LogP contribution < -0.4 is 20.3 Å². The van der Waals surface area contributed by atoms with Gasteiger partial charge in [0.25, 0.3) is 5.91 Å². The smallest absolute Gasteiger partial charge is 0.418 e. The monoisotopic (exact) mass is 572 g/mol. The number of rotatable bonds is 8. The second kappa shape index (κ2) is 10.6. The van der Waals surface area contributed by atoms with Crippen LogP contribution in [0.4, 0.5) is 23.2 Å². The molecule has 1 atom stereocenters. The lowest BCUT2D eigenvalue weighted by molar-refractivity contribution is -0.137. The molecule has 2 aromatic heterocycles. The molecule has 2 aliphatic heterocycles. The highest BCUT2D eigenvalue weighted by atomic mass is 19.4. The van der Waals surface area contributed by atoms with Gasteiger partial charge in [0.05, 0.1) is 17.0 Å². The van der Waals surface area contributed by atoms with Crippen LogP contribution in [0.25, 0.3) is 11.4 Å². The van der Waals surface area contributed by atoms with Crippen LogP contribution in [0.5, 0.6) is 5.75 Å². The minimum absolute atomic E-state index is 0.00337. The first-order valence-electron chi connectivity index (χ1n) is 14.0. The molecule has 3 aliphatic rings. The second-order valence-electron chi connectivity index (χ2n) is 11.3. The summed E-state index contributed by atoms with van der Waals surface area (Å²) in [4.78, 5) is 19.7. The van der Waals surface area contributed by atoms with Crippen molar-refractivity contribution in [3.05, 3.63) is 59.7 Å². The van der Waals surface area contributed by atoms with Crippen LogP contribution in [-0.4, -0.2) is 59.0 Å². The van der Waals surface area contributed by atoms with E-state index >= 15 is 0 Å². The number of aryl methyl sites for hydroxylation is 1. The summed E-state index contributed by atoms with van der Waals surface area (Å²) in [5.74, 6) is -0.837. The molecule has 0 unspecified atom stereocenters. The molecule has 4 heterocycles. The minimum Gasteiger partial charge on any atom is -0.488 e. The molecule has 6 rings (SSSR count). The molecular weight excluding hydrogens is 540 g/mol. The largest absolute Gasteiger partial charge is 0.488 e. The van der Waals surface area contributed by atoms with Crippen LogP contribution >= 0.6 is 0 Å². The first-order chi connectivity index (χ1) is 19.6. The summed E-state index contributed by atoms with van der Waals surface area (Å²) in [6.07, 6.45) is -0.0980. The fraction of sp³-hybridized carbons (Fsp3) is 0.483. The molecule has 3 fully saturated rings. The van der Waals surface area contributed by atoms with Crippen molar-refractivity contribution < 1.29 is 27.1 Å². The molecule has 1 aliphatic carbocycles. The van der Waals surface area contributed by atoms with Crippen LogP contribution in [0.3, 0.4) is 0 Å². The molecule has 1 saturated carbocycles. The van der Waals surface area contributed by atoms with Crippen LogP contribution in [0, 0.1) is 11.2 Å². The lowest BCUT2D eigenvalue weighted by Crippen LogP contribution is -2.65. The van der Waals surface area contributed by atoms with E-state index in [0.717, 1.165) is 37.7 Å². The summed E-state index contributed by atoms with van der Waals surface area (Å²) in [5.41, 5.74) is 0.509. The van der Waals surface area contributed by atoms with Gasteiger partial charge in [-0.3, -0.25) is 9.48 Å². The second-order valence-corrected chi connectivity index (χ2v) is 11.3. The molecule has 3 aromatic rings. The Balaban J connectivity index is 1.16. The number of amides is 1. The van der Waals surface area contributed by atoms with Gasteiger partial charge in [-0.05, 0) is 68.6 Å². The first-order valence-corrected chi connectivity index (χ1v) is 14.0. The van der Waals surface area contributed by atoms with Gasteiger partial charge in [-0.2, -0.15) is 18.3 Å². The number of ether oxygens (including phenoxy) is 1. The third-order valence-corrected chi connectivity index (χ3v) is 8.16. The number of benzene rings is 1. The Morgan fingerprint density at radius 3 is 2.71 bits per heavy atom. The van der Waals surface area contributed by atoms with E-state index < -0.39 is 17.6 Å². The van der Waals surface area contributed by atoms with Crippen molar-refractivity contribution in [1.29, 1.82) is 0 Å². The highest BCUT2D eigenvalue weighted by Gasteiger charge is 2.54. The fourth-order valence-corrected chi connectivity index (χ4v) is 6.19. The molecule has 2 saturated heterocycles. The highest BCUT2D eigenvalue weighted by molar-refractivity contribution is 5.95. The standard InChI is InChI=1S/C29H32F4N6O2/c1-2-11-39-24(8-10-35-39)22-4-6-25(26(37-22)27(40)36-19-7-9-34-15-19)41-20-13-28(14-20)16-38(17-28)23-5-3-18(30)12-21(23)29(31,32)33/h3-6,8,10,12,19-20,34H,2,7,9,11,13-17H2,1H3,(H,36,40)/t19-/m1/s1. The molecular formula is C29H32F4N6O2. The maximum Gasteiger partial charge on any atom is 0.418 e. The van der Waals surface area contributed by atoms with Crippen LogP contribution in [-0.2, 0) is 12.7 Å². The Kier molecular flexibility index (Phi) is 7.13. The Morgan fingerprint density at radius 2 is 2.00 bits per heavy atom. The van der Waals surface area contributed by atoms with Gasteiger partial charge in [-0.25, -0.2) is 9.37 Å². The summed E-state index contributed by atoms with van der Waals surface area (Å²) in [6.45, 7) is 5.18. The number of halogens is 4. The topological polar surface area (TPSA) is 84.3 Å². The van der Waals surface area contributed by atoms with E-state index in [1.54, 1.807) is 17.2 Å². The zero-order valence-electron chi connectivity index (χ0n) is 22.7. The van der Waals surface area contributed by atoms with E-state index in [1.165, 1.54) is 6.07 Å². The average Bonchev–Trinajstić information content (AvgIpc) is 3.57. The Bertz CT molecular complexity index is 1420. The van der Waals surface area contributed by atoms with E-state index in [0.29, 0.717) is 50.0 Å². The molecule has 41 heavy (non-hydrogen) atoms. The molecule has 8 nitrogen and oxygen atoms in total. The summed E-state index contributed by atoms with van der Waals surface area (Å²) in [7, 11) is 0. The fourth-order valence-electron chi connectivity index (χ4n) is 6.19. The van der Waals surface area contributed by atoms with Crippen LogP contribution in [0.15, 0.2) is 42.6 Å².